The quantitative estimate of drug-likeness (QED) is 0.519. The minimum Gasteiger partial charge on any atom is -0.364 e. The van der Waals surface area contributed by atoms with Gasteiger partial charge in [0.2, 0.25) is 0 Å². The molecular weight excluding hydrogens is 384 g/mol. The van der Waals surface area contributed by atoms with Gasteiger partial charge in [-0.05, 0) is 33.6 Å². The number of anilines is 1. The molecule has 0 radical (unpaired) electrons. The molecule has 4 rings (SSSR count). The van der Waals surface area contributed by atoms with Crippen LogP contribution in [0.15, 0.2) is 64.8 Å². The van der Waals surface area contributed by atoms with Crippen molar-refractivity contribution in [1.29, 1.82) is 0 Å². The standard InChI is InChI=1S/C18H13BrN4S/c19-16-14(12-6-2-1-3-7-12)15-17(22-11-23-18(15)24-16)21-10-13-8-4-5-9-20-13/h1-9,11H,10H2,(H,21,22,23). The molecule has 1 aromatic carbocycles. The van der Waals surface area contributed by atoms with E-state index in [-0.39, 0.29) is 0 Å². The predicted octanol–water partition coefficient (Wildman–Crippen LogP) is 5.13. The molecule has 0 unspecified atom stereocenters. The smallest absolute Gasteiger partial charge is 0.139 e. The normalized spacial score (nSPS) is 10.9. The van der Waals surface area contributed by atoms with E-state index in [1.807, 2.05) is 36.4 Å². The van der Waals surface area contributed by atoms with Crippen LogP contribution >= 0.6 is 27.3 Å². The van der Waals surface area contributed by atoms with Crippen LogP contribution < -0.4 is 5.32 Å². The summed E-state index contributed by atoms with van der Waals surface area (Å²) in [6.45, 7) is 0.620. The summed E-state index contributed by atoms with van der Waals surface area (Å²) in [5.74, 6) is 0.825. The van der Waals surface area contributed by atoms with Crippen LogP contribution in [-0.4, -0.2) is 15.0 Å². The van der Waals surface area contributed by atoms with Gasteiger partial charge in [0.25, 0.3) is 0 Å². The summed E-state index contributed by atoms with van der Waals surface area (Å²) in [5.41, 5.74) is 3.24. The number of fused-ring (bicyclic) bond motifs is 1. The fourth-order valence-electron chi connectivity index (χ4n) is 2.58. The molecule has 6 heteroatoms. The van der Waals surface area contributed by atoms with Crippen LogP contribution in [0.1, 0.15) is 5.69 Å². The number of nitrogens with zero attached hydrogens (tertiary/aromatic N) is 3. The molecule has 1 N–H and O–H groups in total. The van der Waals surface area contributed by atoms with Crippen LogP contribution in [0.3, 0.4) is 0 Å². The summed E-state index contributed by atoms with van der Waals surface area (Å²) in [6, 6.07) is 16.2. The molecule has 4 aromatic rings. The third-order valence-corrected chi connectivity index (χ3v) is 5.44. The summed E-state index contributed by atoms with van der Waals surface area (Å²) in [6.07, 6.45) is 3.39. The maximum atomic E-state index is 4.46. The largest absolute Gasteiger partial charge is 0.364 e. The number of hydrogen-bond donors (Lipinski definition) is 1. The van der Waals surface area contributed by atoms with Crippen molar-refractivity contribution >= 4 is 43.3 Å². The number of benzene rings is 1. The Bertz CT molecular complexity index is 970. The minimum atomic E-state index is 0.620. The average molecular weight is 397 g/mol. The lowest BCUT2D eigenvalue weighted by Crippen LogP contribution is -2.03. The van der Waals surface area contributed by atoms with Gasteiger partial charge in [0.1, 0.15) is 17.0 Å². The van der Waals surface area contributed by atoms with Gasteiger partial charge in [0.15, 0.2) is 0 Å². The van der Waals surface area contributed by atoms with Gasteiger partial charge in [-0.1, -0.05) is 36.4 Å². The highest BCUT2D eigenvalue weighted by molar-refractivity contribution is 9.11. The highest BCUT2D eigenvalue weighted by Crippen LogP contribution is 2.43. The second-order valence-electron chi connectivity index (χ2n) is 5.19. The van der Waals surface area contributed by atoms with E-state index in [9.17, 15) is 0 Å². The second kappa shape index (κ2) is 6.67. The first-order chi connectivity index (χ1) is 11.8. The van der Waals surface area contributed by atoms with Crippen LogP contribution in [-0.2, 0) is 6.54 Å². The summed E-state index contributed by atoms with van der Waals surface area (Å²) >= 11 is 5.31. The highest BCUT2D eigenvalue weighted by atomic mass is 79.9. The number of rotatable bonds is 4. The van der Waals surface area contributed by atoms with Gasteiger partial charge >= 0.3 is 0 Å². The molecule has 0 fully saturated rings. The molecule has 0 aliphatic heterocycles. The van der Waals surface area contributed by atoms with Crippen molar-refractivity contribution in [3.8, 4) is 11.1 Å². The molecule has 0 spiro atoms. The second-order valence-corrected chi connectivity index (χ2v) is 7.51. The summed E-state index contributed by atoms with van der Waals surface area (Å²) < 4.78 is 1.06. The number of pyridine rings is 1. The van der Waals surface area contributed by atoms with E-state index >= 15 is 0 Å². The lowest BCUT2D eigenvalue weighted by molar-refractivity contribution is 1.03. The van der Waals surface area contributed by atoms with E-state index < -0.39 is 0 Å². The van der Waals surface area contributed by atoms with Crippen molar-refractivity contribution < 1.29 is 0 Å². The summed E-state index contributed by atoms with van der Waals surface area (Å²) in [5, 5.41) is 4.44. The minimum absolute atomic E-state index is 0.620. The monoisotopic (exact) mass is 396 g/mol. The van der Waals surface area contributed by atoms with Gasteiger partial charge in [-0.25, -0.2) is 9.97 Å². The van der Waals surface area contributed by atoms with E-state index in [0.29, 0.717) is 6.54 Å². The van der Waals surface area contributed by atoms with Crippen LogP contribution in [0.25, 0.3) is 21.3 Å². The Balaban J connectivity index is 1.79. The van der Waals surface area contributed by atoms with Crippen molar-refractivity contribution in [2.75, 3.05) is 5.32 Å². The Morgan fingerprint density at radius 3 is 2.58 bits per heavy atom. The third kappa shape index (κ3) is 2.90. The van der Waals surface area contributed by atoms with Crippen molar-refractivity contribution in [2.45, 2.75) is 6.54 Å². The van der Waals surface area contributed by atoms with Crippen molar-refractivity contribution in [3.63, 3.8) is 0 Å². The van der Waals surface area contributed by atoms with E-state index in [0.717, 1.165) is 36.6 Å². The first kappa shape index (κ1) is 15.2. The lowest BCUT2D eigenvalue weighted by Gasteiger charge is -2.08. The topological polar surface area (TPSA) is 50.7 Å². The van der Waals surface area contributed by atoms with Crippen LogP contribution in [0.5, 0.6) is 0 Å². The number of halogens is 1. The van der Waals surface area contributed by atoms with E-state index in [2.05, 4.69) is 48.3 Å². The molecule has 0 atom stereocenters. The number of nitrogens with one attached hydrogen (secondary N) is 1. The summed E-state index contributed by atoms with van der Waals surface area (Å²) in [7, 11) is 0. The molecule has 0 bridgehead atoms. The molecule has 4 nitrogen and oxygen atoms in total. The molecule has 3 aromatic heterocycles. The Morgan fingerprint density at radius 2 is 1.79 bits per heavy atom. The molecular formula is C18H13BrN4S. The zero-order valence-electron chi connectivity index (χ0n) is 12.6. The lowest BCUT2D eigenvalue weighted by atomic mass is 10.1. The zero-order chi connectivity index (χ0) is 16.4. The SMILES string of the molecule is Brc1sc2ncnc(NCc3ccccn3)c2c1-c1ccccc1. The average Bonchev–Trinajstić information content (AvgIpc) is 2.98. The van der Waals surface area contributed by atoms with Gasteiger partial charge < -0.3 is 5.32 Å². The van der Waals surface area contributed by atoms with Crippen LogP contribution in [0, 0.1) is 0 Å². The Morgan fingerprint density at radius 1 is 0.958 bits per heavy atom. The fourth-order valence-corrected chi connectivity index (χ4v) is 4.36. The maximum Gasteiger partial charge on any atom is 0.139 e. The third-order valence-electron chi connectivity index (χ3n) is 3.67. The van der Waals surface area contributed by atoms with Gasteiger partial charge in [-0.2, -0.15) is 0 Å². The highest BCUT2D eigenvalue weighted by Gasteiger charge is 2.17. The van der Waals surface area contributed by atoms with Gasteiger partial charge in [-0.3, -0.25) is 4.98 Å². The Labute approximate surface area is 151 Å². The molecule has 24 heavy (non-hydrogen) atoms. The Hall–Kier alpha value is -2.31. The maximum absolute atomic E-state index is 4.46. The van der Waals surface area contributed by atoms with E-state index in [1.165, 1.54) is 0 Å². The number of aromatic nitrogens is 3. The molecule has 0 aliphatic rings. The molecule has 118 valence electrons. The molecule has 0 saturated heterocycles. The molecule has 0 amide bonds. The van der Waals surface area contributed by atoms with Crippen molar-refractivity contribution in [1.82, 2.24) is 15.0 Å². The first-order valence-corrected chi connectivity index (χ1v) is 9.06. The first-order valence-electron chi connectivity index (χ1n) is 7.45. The van der Waals surface area contributed by atoms with Crippen LogP contribution in [0.4, 0.5) is 5.82 Å². The number of thiophene rings is 1. The summed E-state index contributed by atoms with van der Waals surface area (Å²) in [4.78, 5) is 14.2. The van der Waals surface area contributed by atoms with Gasteiger partial charge in [0.05, 0.1) is 21.4 Å². The predicted molar refractivity (Wildman–Crippen MR) is 102 cm³/mol. The van der Waals surface area contributed by atoms with E-state index in [1.54, 1.807) is 23.9 Å². The number of hydrogen-bond acceptors (Lipinski definition) is 5. The van der Waals surface area contributed by atoms with Gasteiger partial charge in [0, 0.05) is 11.8 Å². The van der Waals surface area contributed by atoms with Gasteiger partial charge in [-0.15, -0.1) is 11.3 Å². The van der Waals surface area contributed by atoms with E-state index in [4.69, 9.17) is 0 Å². The fraction of sp³-hybridized carbons (Fsp3) is 0.0556. The zero-order valence-corrected chi connectivity index (χ0v) is 15.0. The van der Waals surface area contributed by atoms with Crippen molar-refractivity contribution in [3.05, 3.63) is 70.5 Å². The van der Waals surface area contributed by atoms with Crippen LogP contribution in [0.2, 0.25) is 0 Å². The van der Waals surface area contributed by atoms with Crippen molar-refractivity contribution in [2.24, 2.45) is 0 Å². The molecule has 0 saturated carbocycles. The Kier molecular flexibility index (Phi) is 4.23. The molecule has 3 heterocycles. The molecule has 0 aliphatic carbocycles.